The second-order valence-electron chi connectivity index (χ2n) is 7.89. The van der Waals surface area contributed by atoms with E-state index in [9.17, 15) is 27.6 Å². The number of halogens is 3. The van der Waals surface area contributed by atoms with Crippen LogP contribution >= 0.6 is 0 Å². The van der Waals surface area contributed by atoms with Crippen LogP contribution in [0.5, 0.6) is 5.75 Å². The van der Waals surface area contributed by atoms with Gasteiger partial charge in [-0.25, -0.2) is 14.6 Å². The van der Waals surface area contributed by atoms with Gasteiger partial charge in [0.05, 0.1) is 13.2 Å². The number of benzene rings is 1. The van der Waals surface area contributed by atoms with Gasteiger partial charge >= 0.3 is 18.5 Å². The first kappa shape index (κ1) is 25.9. The Morgan fingerprint density at radius 3 is 2.43 bits per heavy atom. The molecule has 0 spiro atoms. The van der Waals surface area contributed by atoms with E-state index >= 15 is 0 Å². The third kappa shape index (κ3) is 8.87. The number of carbonyl (C=O) groups excluding carboxylic acids is 3. The lowest BCUT2D eigenvalue weighted by atomic mass is 10.3. The van der Waals surface area contributed by atoms with Crippen LogP contribution in [-0.2, 0) is 9.53 Å². The molecule has 0 aromatic heterocycles. The lowest BCUT2D eigenvalue weighted by Crippen LogP contribution is -2.45. The summed E-state index contributed by atoms with van der Waals surface area (Å²) in [5.41, 5.74) is 0.251. The highest BCUT2D eigenvalue weighted by molar-refractivity contribution is 6.38. The van der Waals surface area contributed by atoms with Crippen LogP contribution in [0.15, 0.2) is 29.3 Å². The molecule has 2 aliphatic rings. The Labute approximate surface area is 199 Å². The number of carbonyl (C=O) groups is 3. The number of amides is 4. The number of anilines is 1. The molecule has 1 unspecified atom stereocenters. The zero-order valence-corrected chi connectivity index (χ0v) is 19.0. The predicted molar refractivity (Wildman–Crippen MR) is 119 cm³/mol. The number of hydrogen-bond acceptors (Lipinski definition) is 7. The zero-order valence-electron chi connectivity index (χ0n) is 19.0. The summed E-state index contributed by atoms with van der Waals surface area (Å²) in [5, 5.41) is 10.3. The van der Waals surface area contributed by atoms with Crippen molar-refractivity contribution in [2.24, 2.45) is 10.9 Å². The number of alkyl carbamates (subject to hydrolysis) is 1. The highest BCUT2D eigenvalue weighted by atomic mass is 19.4. The quantitative estimate of drug-likeness (QED) is 0.364. The van der Waals surface area contributed by atoms with E-state index in [2.05, 4.69) is 31.0 Å². The van der Waals surface area contributed by atoms with Gasteiger partial charge in [0, 0.05) is 25.3 Å². The third-order valence-corrected chi connectivity index (χ3v) is 4.95. The molecule has 3 rings (SSSR count). The number of nitrogens with zero attached hydrogens (tertiary/aromatic N) is 2. The Hall–Kier alpha value is -3.71. The molecule has 11 nitrogen and oxygen atoms in total. The van der Waals surface area contributed by atoms with Crippen molar-refractivity contribution in [2.45, 2.75) is 32.3 Å². The number of aliphatic imine (C=N–C) groups is 1. The van der Waals surface area contributed by atoms with Gasteiger partial charge < -0.3 is 35.6 Å². The maximum atomic E-state index is 12.6. The lowest BCUT2D eigenvalue weighted by molar-refractivity contribution is -0.274. The number of nitrogens with one attached hydrogen (secondary N) is 4. The monoisotopic (exact) mass is 500 g/mol. The number of alkyl halides is 3. The van der Waals surface area contributed by atoms with Crippen molar-refractivity contribution in [2.75, 3.05) is 38.1 Å². The Bertz CT molecular complexity index is 936. The average molecular weight is 500 g/mol. The molecule has 0 saturated heterocycles. The molecular formula is C21H27F3N6O5. The second-order valence-corrected chi connectivity index (χ2v) is 7.89. The Balaban J connectivity index is 1.51. The number of urea groups is 1. The van der Waals surface area contributed by atoms with Gasteiger partial charge in [0.1, 0.15) is 11.9 Å². The molecule has 1 aliphatic heterocycles. The van der Waals surface area contributed by atoms with Gasteiger partial charge in [-0.3, -0.25) is 4.79 Å². The van der Waals surface area contributed by atoms with Gasteiger partial charge in [-0.2, -0.15) is 0 Å². The highest BCUT2D eigenvalue weighted by Crippen LogP contribution is 2.30. The van der Waals surface area contributed by atoms with Crippen LogP contribution in [0.25, 0.3) is 0 Å². The Morgan fingerprint density at radius 1 is 1.11 bits per heavy atom. The second kappa shape index (κ2) is 11.6. The smallest absolute Gasteiger partial charge is 0.450 e. The van der Waals surface area contributed by atoms with Crippen molar-refractivity contribution in [3.8, 4) is 5.75 Å². The van der Waals surface area contributed by atoms with Gasteiger partial charge in [-0.05, 0) is 49.9 Å². The van der Waals surface area contributed by atoms with E-state index in [1.165, 1.54) is 12.1 Å². The van der Waals surface area contributed by atoms with Crippen LogP contribution in [0, 0.1) is 5.92 Å². The molecule has 0 radical (unpaired) electrons. The molecule has 4 amide bonds. The standard InChI is InChI=1S/C21H27F3N6O5/c1-2-34-20(33)26-10-9-25-18(31)17-28-16(12-30(17)11-13-3-4-13)29-19(32)27-14-5-7-15(8-6-14)35-21(22,23)24/h5-8,13,16H,2-4,9-12H2,1H3,(H,25,31)(H,26,33)(H2,27,29,32). The first-order chi connectivity index (χ1) is 16.6. The number of ether oxygens (including phenoxy) is 2. The molecule has 1 atom stereocenters. The molecule has 192 valence electrons. The van der Waals surface area contributed by atoms with E-state index in [-0.39, 0.29) is 31.2 Å². The van der Waals surface area contributed by atoms with Gasteiger partial charge in [0.15, 0.2) is 5.84 Å². The molecule has 1 saturated carbocycles. The average Bonchev–Trinajstić information content (AvgIpc) is 3.50. The largest absolute Gasteiger partial charge is 0.573 e. The summed E-state index contributed by atoms with van der Waals surface area (Å²) < 4.78 is 45.3. The number of amidine groups is 1. The van der Waals surface area contributed by atoms with Gasteiger partial charge in [0.25, 0.3) is 5.91 Å². The summed E-state index contributed by atoms with van der Waals surface area (Å²) in [4.78, 5) is 42.4. The van der Waals surface area contributed by atoms with E-state index in [1.54, 1.807) is 11.8 Å². The fourth-order valence-corrected chi connectivity index (χ4v) is 3.28. The zero-order chi connectivity index (χ0) is 25.4. The summed E-state index contributed by atoms with van der Waals surface area (Å²) in [6.45, 7) is 3.20. The maximum absolute atomic E-state index is 12.6. The first-order valence-electron chi connectivity index (χ1n) is 11.1. The van der Waals surface area contributed by atoms with Crippen LogP contribution in [0.4, 0.5) is 28.4 Å². The van der Waals surface area contributed by atoms with Crippen molar-refractivity contribution in [3.63, 3.8) is 0 Å². The van der Waals surface area contributed by atoms with Crippen LogP contribution in [0.1, 0.15) is 19.8 Å². The van der Waals surface area contributed by atoms with Crippen LogP contribution in [0.2, 0.25) is 0 Å². The summed E-state index contributed by atoms with van der Waals surface area (Å²) in [5.74, 6) is -0.190. The molecule has 1 aliphatic carbocycles. The minimum absolute atomic E-state index is 0.167. The molecule has 35 heavy (non-hydrogen) atoms. The van der Waals surface area contributed by atoms with Crippen molar-refractivity contribution in [1.29, 1.82) is 0 Å². The summed E-state index contributed by atoms with van der Waals surface area (Å²) >= 11 is 0. The molecule has 14 heteroatoms. The van der Waals surface area contributed by atoms with Crippen molar-refractivity contribution in [3.05, 3.63) is 24.3 Å². The fraction of sp³-hybridized carbons (Fsp3) is 0.524. The molecular weight excluding hydrogens is 473 g/mol. The van der Waals surface area contributed by atoms with Crippen molar-refractivity contribution in [1.82, 2.24) is 20.9 Å². The number of hydrogen-bond donors (Lipinski definition) is 4. The lowest BCUT2D eigenvalue weighted by Gasteiger charge is -2.20. The highest BCUT2D eigenvalue weighted by Gasteiger charge is 2.35. The van der Waals surface area contributed by atoms with E-state index in [1.807, 2.05) is 0 Å². The summed E-state index contributed by atoms with van der Waals surface area (Å²) in [7, 11) is 0. The Kier molecular flexibility index (Phi) is 8.60. The first-order valence-corrected chi connectivity index (χ1v) is 11.1. The molecule has 0 bridgehead atoms. The minimum atomic E-state index is -4.81. The van der Waals surface area contributed by atoms with Crippen molar-refractivity contribution < 1.29 is 37.0 Å². The van der Waals surface area contributed by atoms with Crippen molar-refractivity contribution >= 4 is 29.6 Å². The molecule has 4 N–H and O–H groups in total. The minimum Gasteiger partial charge on any atom is -0.450 e. The molecule has 1 heterocycles. The van der Waals surface area contributed by atoms with E-state index in [4.69, 9.17) is 4.74 Å². The maximum Gasteiger partial charge on any atom is 0.573 e. The normalized spacial score (nSPS) is 17.3. The third-order valence-electron chi connectivity index (χ3n) is 4.95. The van der Waals surface area contributed by atoms with Gasteiger partial charge in [0.2, 0.25) is 0 Å². The molecule has 1 aromatic rings. The van der Waals surface area contributed by atoms with Crippen LogP contribution in [-0.4, -0.2) is 74.1 Å². The molecule has 1 fully saturated rings. The summed E-state index contributed by atoms with van der Waals surface area (Å²) in [6, 6.07) is 4.05. The Morgan fingerprint density at radius 2 is 1.80 bits per heavy atom. The van der Waals surface area contributed by atoms with Crippen LogP contribution < -0.4 is 26.0 Å². The van der Waals surface area contributed by atoms with E-state index < -0.39 is 36.3 Å². The predicted octanol–water partition coefficient (Wildman–Crippen LogP) is 2.02. The van der Waals surface area contributed by atoms with E-state index in [0.29, 0.717) is 19.0 Å². The van der Waals surface area contributed by atoms with Crippen LogP contribution in [0.3, 0.4) is 0 Å². The van der Waals surface area contributed by atoms with Gasteiger partial charge in [-0.15, -0.1) is 13.2 Å². The SMILES string of the molecule is CCOC(=O)NCCNC(=O)C1=NC(NC(=O)Nc2ccc(OC(F)(F)F)cc2)CN1CC1CC1. The summed E-state index contributed by atoms with van der Waals surface area (Å²) in [6.07, 6.45) is -3.96. The fourth-order valence-electron chi connectivity index (χ4n) is 3.28. The number of rotatable bonds is 10. The molecule has 1 aromatic carbocycles. The topological polar surface area (TPSA) is 133 Å². The van der Waals surface area contributed by atoms with Gasteiger partial charge in [-0.1, -0.05) is 0 Å². The van der Waals surface area contributed by atoms with E-state index in [0.717, 1.165) is 25.0 Å².